The Hall–Kier alpha value is 0.270. The Bertz CT molecular complexity index is 190. The van der Waals surface area contributed by atoms with Gasteiger partial charge in [0.15, 0.2) is 0 Å². The summed E-state index contributed by atoms with van der Waals surface area (Å²) in [5, 5.41) is 0. The number of rotatable bonds is 6. The summed E-state index contributed by atoms with van der Waals surface area (Å²) in [6.07, 6.45) is 3.89. The smallest absolute Gasteiger partial charge is 0.0422 e. The third-order valence-corrected chi connectivity index (χ3v) is 5.28. The van der Waals surface area contributed by atoms with Gasteiger partial charge in [0.05, 0.1) is 0 Å². The summed E-state index contributed by atoms with van der Waals surface area (Å²) in [5.74, 6) is 3.34. The van der Waals surface area contributed by atoms with Gasteiger partial charge in [0, 0.05) is 24.4 Å². The number of nitrogens with zero attached hydrogens (tertiary/aromatic N) is 1. The number of hydrogen-bond donors (Lipinski definition) is 1. The highest BCUT2D eigenvalue weighted by Crippen LogP contribution is 2.32. The Kier molecular flexibility index (Phi) is 6.16. The second-order valence-corrected chi connectivity index (χ2v) is 6.24. The lowest BCUT2D eigenvalue weighted by molar-refractivity contribution is 0.0913. The quantitative estimate of drug-likeness (QED) is 0.779. The second-order valence-electron chi connectivity index (χ2n) is 5.14. The van der Waals surface area contributed by atoms with Crippen molar-refractivity contribution in [2.75, 3.05) is 31.1 Å². The molecule has 0 aliphatic carbocycles. The molecule has 3 heteroatoms. The van der Waals surface area contributed by atoms with Crippen LogP contribution in [0.4, 0.5) is 0 Å². The molecule has 1 aliphatic heterocycles. The molecule has 1 heterocycles. The predicted molar refractivity (Wildman–Crippen MR) is 75.0 cm³/mol. The largest absolute Gasteiger partial charge is 0.329 e. The molecule has 1 fully saturated rings. The van der Waals surface area contributed by atoms with Crippen molar-refractivity contribution in [3.8, 4) is 0 Å². The summed E-state index contributed by atoms with van der Waals surface area (Å²) in [7, 11) is 0. The lowest BCUT2D eigenvalue weighted by Gasteiger charge is -2.46. The zero-order valence-electron chi connectivity index (χ0n) is 11.2. The third kappa shape index (κ3) is 3.38. The van der Waals surface area contributed by atoms with Crippen LogP contribution in [0.15, 0.2) is 0 Å². The van der Waals surface area contributed by atoms with Gasteiger partial charge in [-0.25, -0.2) is 0 Å². The summed E-state index contributed by atoms with van der Waals surface area (Å²) in [4.78, 5) is 2.65. The van der Waals surface area contributed by atoms with Gasteiger partial charge >= 0.3 is 0 Å². The van der Waals surface area contributed by atoms with Crippen LogP contribution >= 0.6 is 11.8 Å². The maximum atomic E-state index is 6.08. The summed E-state index contributed by atoms with van der Waals surface area (Å²) in [6.45, 7) is 10.1. The van der Waals surface area contributed by atoms with Crippen molar-refractivity contribution >= 4 is 11.8 Å². The Morgan fingerprint density at radius 1 is 1.44 bits per heavy atom. The molecular weight excluding hydrogens is 216 g/mol. The molecule has 2 nitrogen and oxygen atoms in total. The summed E-state index contributed by atoms with van der Waals surface area (Å²) < 4.78 is 0. The molecular formula is C13H28N2S. The van der Waals surface area contributed by atoms with Crippen molar-refractivity contribution in [2.24, 2.45) is 11.7 Å². The second kappa shape index (κ2) is 6.87. The first-order valence-electron chi connectivity index (χ1n) is 6.71. The summed E-state index contributed by atoms with van der Waals surface area (Å²) >= 11 is 2.08. The van der Waals surface area contributed by atoms with Crippen molar-refractivity contribution in [1.82, 2.24) is 4.90 Å². The van der Waals surface area contributed by atoms with Gasteiger partial charge in [0.1, 0.15) is 0 Å². The Morgan fingerprint density at radius 2 is 2.19 bits per heavy atom. The van der Waals surface area contributed by atoms with E-state index < -0.39 is 0 Å². The first-order chi connectivity index (χ1) is 7.68. The van der Waals surface area contributed by atoms with E-state index in [0.29, 0.717) is 5.54 Å². The molecule has 1 aliphatic rings. The van der Waals surface area contributed by atoms with Crippen LogP contribution in [-0.2, 0) is 0 Å². The van der Waals surface area contributed by atoms with Crippen LogP contribution in [0.2, 0.25) is 0 Å². The molecule has 16 heavy (non-hydrogen) atoms. The molecule has 0 aromatic rings. The van der Waals surface area contributed by atoms with Crippen LogP contribution in [-0.4, -0.2) is 41.6 Å². The van der Waals surface area contributed by atoms with Crippen LogP contribution in [0, 0.1) is 5.92 Å². The fourth-order valence-corrected chi connectivity index (χ4v) is 3.86. The van der Waals surface area contributed by atoms with Gasteiger partial charge in [-0.2, -0.15) is 11.8 Å². The fraction of sp³-hybridized carbons (Fsp3) is 1.00. The minimum absolute atomic E-state index is 0.293. The average molecular weight is 244 g/mol. The van der Waals surface area contributed by atoms with Gasteiger partial charge in [-0.15, -0.1) is 0 Å². The van der Waals surface area contributed by atoms with E-state index in [-0.39, 0.29) is 0 Å². The van der Waals surface area contributed by atoms with Gasteiger partial charge in [0.25, 0.3) is 0 Å². The summed E-state index contributed by atoms with van der Waals surface area (Å²) in [5.41, 5.74) is 6.37. The number of thioether (sulfide) groups is 1. The molecule has 2 N–H and O–H groups in total. The monoisotopic (exact) mass is 244 g/mol. The average Bonchev–Trinajstić information content (AvgIpc) is 2.36. The van der Waals surface area contributed by atoms with Crippen LogP contribution in [0.1, 0.15) is 40.0 Å². The van der Waals surface area contributed by atoms with E-state index in [2.05, 4.69) is 37.4 Å². The van der Waals surface area contributed by atoms with E-state index in [4.69, 9.17) is 5.73 Å². The standard InChI is InChI=1S/C13H28N2S/c1-4-12(3)9-15(5-2)13(10-14)7-6-8-16-11-13/h12H,4-11,14H2,1-3H3. The molecule has 1 rings (SSSR count). The van der Waals surface area contributed by atoms with Crippen molar-refractivity contribution in [3.63, 3.8) is 0 Å². The number of likely N-dealkylation sites (N-methyl/N-ethyl adjacent to an activating group) is 1. The highest BCUT2D eigenvalue weighted by Gasteiger charge is 2.36. The topological polar surface area (TPSA) is 29.3 Å². The van der Waals surface area contributed by atoms with Gasteiger partial charge in [-0.05, 0) is 31.1 Å². The highest BCUT2D eigenvalue weighted by molar-refractivity contribution is 7.99. The first kappa shape index (κ1) is 14.3. The summed E-state index contributed by atoms with van der Waals surface area (Å²) in [6, 6.07) is 0. The van der Waals surface area contributed by atoms with E-state index >= 15 is 0 Å². The molecule has 0 aromatic carbocycles. The van der Waals surface area contributed by atoms with Crippen LogP contribution in [0.5, 0.6) is 0 Å². The van der Waals surface area contributed by atoms with E-state index in [1.54, 1.807) is 0 Å². The normalized spacial score (nSPS) is 28.3. The molecule has 96 valence electrons. The van der Waals surface area contributed by atoms with Crippen molar-refractivity contribution in [1.29, 1.82) is 0 Å². The molecule has 0 amide bonds. The lowest BCUT2D eigenvalue weighted by Crippen LogP contribution is -2.58. The Balaban J connectivity index is 2.65. The molecule has 1 saturated heterocycles. The van der Waals surface area contributed by atoms with Crippen molar-refractivity contribution in [3.05, 3.63) is 0 Å². The molecule has 2 atom stereocenters. The molecule has 0 aromatic heterocycles. The Morgan fingerprint density at radius 3 is 2.62 bits per heavy atom. The number of nitrogens with two attached hydrogens (primary N) is 1. The highest BCUT2D eigenvalue weighted by atomic mass is 32.2. The minimum Gasteiger partial charge on any atom is -0.329 e. The van der Waals surface area contributed by atoms with E-state index in [1.807, 2.05) is 0 Å². The SMILES string of the molecule is CCC(C)CN(CC)C1(CN)CCCSC1. The fourth-order valence-electron chi connectivity index (χ4n) is 2.54. The van der Waals surface area contributed by atoms with Gasteiger partial charge in [-0.1, -0.05) is 27.2 Å². The van der Waals surface area contributed by atoms with E-state index in [9.17, 15) is 0 Å². The van der Waals surface area contributed by atoms with Gasteiger partial charge in [0.2, 0.25) is 0 Å². The molecule has 0 spiro atoms. The van der Waals surface area contributed by atoms with E-state index in [0.717, 1.165) is 19.0 Å². The van der Waals surface area contributed by atoms with Crippen LogP contribution in [0.25, 0.3) is 0 Å². The van der Waals surface area contributed by atoms with Crippen LogP contribution < -0.4 is 5.73 Å². The first-order valence-corrected chi connectivity index (χ1v) is 7.87. The van der Waals surface area contributed by atoms with Gasteiger partial charge < -0.3 is 5.73 Å². The van der Waals surface area contributed by atoms with Gasteiger partial charge in [-0.3, -0.25) is 4.90 Å². The minimum atomic E-state index is 0.293. The predicted octanol–water partition coefficient (Wildman–Crippen LogP) is 2.58. The molecule has 0 radical (unpaired) electrons. The zero-order valence-corrected chi connectivity index (χ0v) is 12.0. The van der Waals surface area contributed by atoms with E-state index in [1.165, 1.54) is 37.3 Å². The third-order valence-electron chi connectivity index (χ3n) is 3.96. The maximum Gasteiger partial charge on any atom is 0.0422 e. The number of hydrogen-bond acceptors (Lipinski definition) is 3. The van der Waals surface area contributed by atoms with Crippen molar-refractivity contribution in [2.45, 2.75) is 45.6 Å². The lowest BCUT2D eigenvalue weighted by atomic mass is 9.91. The Labute approximate surface area is 105 Å². The molecule has 2 unspecified atom stereocenters. The zero-order chi connectivity index (χ0) is 12.0. The molecule has 0 bridgehead atoms. The van der Waals surface area contributed by atoms with Crippen LogP contribution in [0.3, 0.4) is 0 Å². The van der Waals surface area contributed by atoms with Crippen molar-refractivity contribution < 1.29 is 0 Å². The maximum absolute atomic E-state index is 6.08. The molecule has 0 saturated carbocycles.